The Kier molecular flexibility index (Phi) is 9.74. The molecule has 0 unspecified atom stereocenters. The fourth-order valence-electron chi connectivity index (χ4n) is 3.33. The van der Waals surface area contributed by atoms with Crippen molar-refractivity contribution in [2.75, 3.05) is 19.6 Å². The number of amides is 1. The Hall–Kier alpha value is -2.47. The van der Waals surface area contributed by atoms with Crippen LogP contribution in [0.1, 0.15) is 16.7 Å². The van der Waals surface area contributed by atoms with Crippen molar-refractivity contribution in [3.63, 3.8) is 0 Å². The van der Waals surface area contributed by atoms with E-state index < -0.39 is 32.5 Å². The van der Waals surface area contributed by atoms with Gasteiger partial charge in [-0.1, -0.05) is 64.7 Å². The number of carbonyl (C=O) groups is 1. The van der Waals surface area contributed by atoms with Crippen LogP contribution in [0.4, 0.5) is 0 Å². The standard InChI is InChI=1S/C25H27Cl2N3O5S2/c1-18-3-8-21(9-4-18)36(32,33)29-14-13-28-25(31)17-30(16-20-7-12-23(26)24(27)15-20)37(34,35)22-10-5-19(2)6-11-22/h3-12,15,29H,13-14,16-17H2,1-2H3,(H,28,31). The first-order chi connectivity index (χ1) is 17.4. The summed E-state index contributed by atoms with van der Waals surface area (Å²) >= 11 is 12.1. The number of nitrogens with one attached hydrogen (secondary N) is 2. The Labute approximate surface area is 227 Å². The summed E-state index contributed by atoms with van der Waals surface area (Å²) in [7, 11) is -7.78. The van der Waals surface area contributed by atoms with Crippen LogP contribution in [-0.2, 0) is 31.4 Å². The smallest absolute Gasteiger partial charge is 0.243 e. The quantitative estimate of drug-likeness (QED) is 0.332. The maximum absolute atomic E-state index is 13.4. The Morgan fingerprint density at radius 3 is 1.92 bits per heavy atom. The molecule has 3 aromatic carbocycles. The van der Waals surface area contributed by atoms with Gasteiger partial charge in [-0.25, -0.2) is 21.6 Å². The van der Waals surface area contributed by atoms with Gasteiger partial charge in [0.1, 0.15) is 0 Å². The van der Waals surface area contributed by atoms with Gasteiger partial charge in [0.25, 0.3) is 0 Å². The van der Waals surface area contributed by atoms with E-state index in [1.54, 1.807) is 42.5 Å². The first-order valence-electron chi connectivity index (χ1n) is 11.2. The molecule has 0 heterocycles. The molecule has 0 radical (unpaired) electrons. The zero-order valence-electron chi connectivity index (χ0n) is 20.2. The predicted molar refractivity (Wildman–Crippen MR) is 145 cm³/mol. The molecule has 0 aliphatic carbocycles. The Morgan fingerprint density at radius 1 is 0.784 bits per heavy atom. The number of sulfonamides is 2. The molecule has 0 saturated carbocycles. The Bertz CT molecular complexity index is 1460. The largest absolute Gasteiger partial charge is 0.354 e. The molecular formula is C25H27Cl2N3O5S2. The van der Waals surface area contributed by atoms with Gasteiger partial charge in [-0.05, 0) is 55.8 Å². The number of halogens is 2. The maximum Gasteiger partial charge on any atom is 0.243 e. The second kappa shape index (κ2) is 12.4. The van der Waals surface area contributed by atoms with E-state index in [4.69, 9.17) is 23.2 Å². The van der Waals surface area contributed by atoms with Crippen molar-refractivity contribution in [3.05, 3.63) is 93.5 Å². The molecule has 0 aliphatic heterocycles. The van der Waals surface area contributed by atoms with Gasteiger partial charge in [0.05, 0.1) is 26.4 Å². The highest BCUT2D eigenvalue weighted by Gasteiger charge is 2.27. The van der Waals surface area contributed by atoms with Crippen LogP contribution in [0.5, 0.6) is 0 Å². The highest BCUT2D eigenvalue weighted by molar-refractivity contribution is 7.89. The van der Waals surface area contributed by atoms with E-state index in [2.05, 4.69) is 10.0 Å². The molecule has 0 saturated heterocycles. The number of hydrogen-bond donors (Lipinski definition) is 2. The average molecular weight is 585 g/mol. The van der Waals surface area contributed by atoms with Crippen molar-refractivity contribution >= 4 is 49.2 Å². The first-order valence-corrected chi connectivity index (χ1v) is 14.9. The summed E-state index contributed by atoms with van der Waals surface area (Å²) < 4.78 is 55.0. The van der Waals surface area contributed by atoms with Gasteiger partial charge < -0.3 is 5.32 Å². The van der Waals surface area contributed by atoms with Crippen molar-refractivity contribution in [3.8, 4) is 0 Å². The monoisotopic (exact) mass is 583 g/mol. The third-order valence-corrected chi connectivity index (χ3v) is 9.41. The van der Waals surface area contributed by atoms with Crippen LogP contribution in [0.25, 0.3) is 0 Å². The second-order valence-electron chi connectivity index (χ2n) is 8.40. The van der Waals surface area contributed by atoms with Gasteiger partial charge in [-0.3, -0.25) is 4.79 Å². The summed E-state index contributed by atoms with van der Waals surface area (Å²) in [5.74, 6) is -0.592. The number of hydrogen-bond acceptors (Lipinski definition) is 5. The SMILES string of the molecule is Cc1ccc(S(=O)(=O)NCCNC(=O)CN(Cc2ccc(Cl)c(Cl)c2)S(=O)(=O)c2ccc(C)cc2)cc1. The highest BCUT2D eigenvalue weighted by atomic mass is 35.5. The lowest BCUT2D eigenvalue weighted by Crippen LogP contribution is -2.42. The average Bonchev–Trinajstić information content (AvgIpc) is 2.84. The van der Waals surface area contributed by atoms with E-state index in [9.17, 15) is 21.6 Å². The van der Waals surface area contributed by atoms with E-state index in [0.717, 1.165) is 15.4 Å². The fourth-order valence-corrected chi connectivity index (χ4v) is 6.07. The van der Waals surface area contributed by atoms with E-state index >= 15 is 0 Å². The molecule has 0 aliphatic rings. The summed E-state index contributed by atoms with van der Waals surface area (Å²) in [5.41, 5.74) is 2.36. The molecular weight excluding hydrogens is 557 g/mol. The van der Waals surface area contributed by atoms with Crippen LogP contribution in [-0.4, -0.2) is 46.7 Å². The topological polar surface area (TPSA) is 113 Å². The maximum atomic E-state index is 13.4. The number of aryl methyl sites for hydroxylation is 2. The van der Waals surface area contributed by atoms with E-state index in [1.165, 1.54) is 24.3 Å². The molecule has 0 atom stereocenters. The fraction of sp³-hybridized carbons (Fsp3) is 0.240. The molecule has 0 aromatic heterocycles. The zero-order valence-corrected chi connectivity index (χ0v) is 23.4. The lowest BCUT2D eigenvalue weighted by atomic mass is 10.2. The van der Waals surface area contributed by atoms with Crippen LogP contribution in [0.15, 0.2) is 76.5 Å². The molecule has 0 spiro atoms. The van der Waals surface area contributed by atoms with Gasteiger partial charge >= 0.3 is 0 Å². The Morgan fingerprint density at radius 2 is 1.35 bits per heavy atom. The van der Waals surface area contributed by atoms with Crippen molar-refractivity contribution in [2.45, 2.75) is 30.2 Å². The number of carbonyl (C=O) groups excluding carboxylic acids is 1. The molecule has 198 valence electrons. The van der Waals surface area contributed by atoms with E-state index in [1.807, 2.05) is 13.8 Å². The summed E-state index contributed by atoms with van der Waals surface area (Å²) in [4.78, 5) is 12.8. The number of rotatable bonds is 11. The summed E-state index contributed by atoms with van der Waals surface area (Å²) in [6.45, 7) is 2.98. The van der Waals surface area contributed by atoms with E-state index in [-0.39, 0.29) is 34.4 Å². The van der Waals surface area contributed by atoms with Crippen LogP contribution < -0.4 is 10.0 Å². The van der Waals surface area contributed by atoms with Crippen molar-refractivity contribution in [1.29, 1.82) is 0 Å². The van der Waals surface area contributed by atoms with Crippen LogP contribution >= 0.6 is 23.2 Å². The van der Waals surface area contributed by atoms with Crippen LogP contribution in [0.3, 0.4) is 0 Å². The third-order valence-electron chi connectivity index (χ3n) is 5.39. The van der Waals surface area contributed by atoms with Crippen LogP contribution in [0, 0.1) is 13.8 Å². The lowest BCUT2D eigenvalue weighted by molar-refractivity contribution is -0.121. The zero-order chi connectivity index (χ0) is 27.2. The highest BCUT2D eigenvalue weighted by Crippen LogP contribution is 2.25. The molecule has 0 bridgehead atoms. The minimum Gasteiger partial charge on any atom is -0.354 e. The van der Waals surface area contributed by atoms with Gasteiger partial charge in [0, 0.05) is 19.6 Å². The normalized spacial score (nSPS) is 12.0. The van der Waals surface area contributed by atoms with Crippen molar-refractivity contribution < 1.29 is 21.6 Å². The molecule has 3 aromatic rings. The van der Waals surface area contributed by atoms with E-state index in [0.29, 0.717) is 10.6 Å². The van der Waals surface area contributed by atoms with Crippen molar-refractivity contribution in [1.82, 2.24) is 14.3 Å². The molecule has 8 nitrogen and oxygen atoms in total. The third kappa shape index (κ3) is 8.00. The number of benzene rings is 3. The molecule has 37 heavy (non-hydrogen) atoms. The Balaban J connectivity index is 1.68. The molecule has 1 amide bonds. The van der Waals surface area contributed by atoms with Crippen molar-refractivity contribution in [2.24, 2.45) is 0 Å². The van der Waals surface area contributed by atoms with Gasteiger partial charge in [-0.15, -0.1) is 0 Å². The minimum atomic E-state index is -4.04. The second-order valence-corrected chi connectivity index (χ2v) is 12.9. The summed E-state index contributed by atoms with van der Waals surface area (Å²) in [6, 6.07) is 17.4. The first kappa shape index (κ1) is 29.1. The number of nitrogens with zero attached hydrogens (tertiary/aromatic N) is 1. The van der Waals surface area contributed by atoms with Gasteiger partial charge in [0.2, 0.25) is 26.0 Å². The molecule has 12 heteroatoms. The van der Waals surface area contributed by atoms with Gasteiger partial charge in [0.15, 0.2) is 0 Å². The molecule has 3 rings (SSSR count). The molecule has 0 fully saturated rings. The summed E-state index contributed by atoms with van der Waals surface area (Å²) in [5, 5.41) is 3.15. The summed E-state index contributed by atoms with van der Waals surface area (Å²) in [6.07, 6.45) is 0. The van der Waals surface area contributed by atoms with Gasteiger partial charge in [-0.2, -0.15) is 4.31 Å². The molecule has 2 N–H and O–H groups in total. The minimum absolute atomic E-state index is 0.0326. The van der Waals surface area contributed by atoms with Crippen LogP contribution in [0.2, 0.25) is 10.0 Å². The predicted octanol–water partition coefficient (Wildman–Crippen LogP) is 3.90. The lowest BCUT2D eigenvalue weighted by Gasteiger charge is -2.22.